The van der Waals surface area contributed by atoms with Crippen LogP contribution in [0.15, 0.2) is 4.52 Å². The molecule has 1 aliphatic rings. The van der Waals surface area contributed by atoms with E-state index in [1.54, 1.807) is 0 Å². The first-order chi connectivity index (χ1) is 8.63. The Balaban J connectivity index is 2.08. The minimum absolute atomic E-state index is 0.444. The summed E-state index contributed by atoms with van der Waals surface area (Å²) in [5.41, 5.74) is 5.68. The molecule has 2 N–H and O–H groups in total. The van der Waals surface area contributed by atoms with Crippen molar-refractivity contribution in [2.75, 3.05) is 0 Å². The van der Waals surface area contributed by atoms with Gasteiger partial charge in [0.05, 0.1) is 5.54 Å². The van der Waals surface area contributed by atoms with Crippen molar-refractivity contribution < 1.29 is 4.52 Å². The summed E-state index contributed by atoms with van der Waals surface area (Å²) < 4.78 is 5.45. The highest BCUT2D eigenvalue weighted by molar-refractivity contribution is 5.03. The van der Waals surface area contributed by atoms with Gasteiger partial charge in [0, 0.05) is 5.92 Å². The van der Waals surface area contributed by atoms with Crippen molar-refractivity contribution in [2.24, 2.45) is 5.73 Å². The first-order valence-electron chi connectivity index (χ1n) is 7.26. The summed E-state index contributed by atoms with van der Waals surface area (Å²) in [5, 5.41) is 4.08. The molecule has 1 aromatic rings. The molecule has 1 aliphatic carbocycles. The number of hydrogen-bond acceptors (Lipinski definition) is 4. The average Bonchev–Trinajstić information content (AvgIpc) is 2.78. The lowest BCUT2D eigenvalue weighted by Gasteiger charge is -2.17. The Kier molecular flexibility index (Phi) is 4.38. The topological polar surface area (TPSA) is 64.9 Å². The van der Waals surface area contributed by atoms with Crippen LogP contribution in [-0.4, -0.2) is 10.1 Å². The van der Waals surface area contributed by atoms with Crippen molar-refractivity contribution in [2.45, 2.75) is 76.7 Å². The van der Waals surface area contributed by atoms with E-state index >= 15 is 0 Å². The van der Waals surface area contributed by atoms with Crippen LogP contribution < -0.4 is 5.73 Å². The van der Waals surface area contributed by atoms with E-state index in [0.29, 0.717) is 11.7 Å². The maximum absolute atomic E-state index is 6.15. The fourth-order valence-corrected chi connectivity index (χ4v) is 2.49. The van der Waals surface area contributed by atoms with Crippen LogP contribution in [0.4, 0.5) is 0 Å². The van der Waals surface area contributed by atoms with Crippen LogP contribution in [-0.2, 0) is 5.54 Å². The molecule has 0 amide bonds. The summed E-state index contributed by atoms with van der Waals surface area (Å²) in [6, 6.07) is 0. The summed E-state index contributed by atoms with van der Waals surface area (Å²) in [4.78, 5) is 4.55. The van der Waals surface area contributed by atoms with Crippen molar-refractivity contribution in [1.82, 2.24) is 10.1 Å². The quantitative estimate of drug-likeness (QED) is 0.893. The Bertz CT molecular complexity index is 365. The molecule has 0 radical (unpaired) electrons. The van der Waals surface area contributed by atoms with Crippen LogP contribution in [0.1, 0.15) is 82.8 Å². The van der Waals surface area contributed by atoms with Crippen LogP contribution in [0.3, 0.4) is 0 Å². The number of hydrogen-bond donors (Lipinski definition) is 1. The van der Waals surface area contributed by atoms with E-state index in [2.05, 4.69) is 10.1 Å². The molecule has 1 saturated carbocycles. The Morgan fingerprint density at radius 1 is 1.22 bits per heavy atom. The third-order valence-electron chi connectivity index (χ3n) is 4.14. The lowest BCUT2D eigenvalue weighted by molar-refractivity contribution is 0.313. The molecule has 1 atom stereocenters. The van der Waals surface area contributed by atoms with Gasteiger partial charge in [-0.05, 0) is 26.2 Å². The molecule has 0 bridgehead atoms. The first kappa shape index (κ1) is 13.5. The van der Waals surface area contributed by atoms with E-state index in [-0.39, 0.29) is 0 Å². The maximum Gasteiger partial charge on any atom is 0.229 e. The number of aromatic nitrogens is 2. The zero-order chi connectivity index (χ0) is 13.0. The fraction of sp³-hybridized carbons (Fsp3) is 0.857. The Morgan fingerprint density at radius 2 is 1.83 bits per heavy atom. The lowest BCUT2D eigenvalue weighted by atomic mass is 9.91. The normalized spacial score (nSPS) is 22.2. The molecule has 1 fully saturated rings. The number of rotatable bonds is 3. The van der Waals surface area contributed by atoms with E-state index in [1.807, 2.05) is 13.8 Å². The molecule has 1 heterocycles. The summed E-state index contributed by atoms with van der Waals surface area (Å²) in [6.45, 7) is 4.01. The molecule has 0 spiro atoms. The van der Waals surface area contributed by atoms with E-state index in [9.17, 15) is 0 Å². The van der Waals surface area contributed by atoms with Gasteiger partial charge in [-0.1, -0.05) is 44.2 Å². The zero-order valence-corrected chi connectivity index (χ0v) is 11.6. The highest BCUT2D eigenvalue weighted by Crippen LogP contribution is 2.31. The first-order valence-corrected chi connectivity index (χ1v) is 7.26. The second kappa shape index (κ2) is 5.83. The van der Waals surface area contributed by atoms with Crippen LogP contribution in [0.2, 0.25) is 0 Å². The van der Waals surface area contributed by atoms with Gasteiger partial charge >= 0.3 is 0 Å². The van der Waals surface area contributed by atoms with Gasteiger partial charge in [0.25, 0.3) is 0 Å². The van der Waals surface area contributed by atoms with Gasteiger partial charge in [-0.2, -0.15) is 4.98 Å². The van der Waals surface area contributed by atoms with Gasteiger partial charge in [0.15, 0.2) is 5.82 Å². The molecule has 1 unspecified atom stereocenters. The summed E-state index contributed by atoms with van der Waals surface area (Å²) in [6.07, 6.45) is 9.76. The second-order valence-corrected chi connectivity index (χ2v) is 5.77. The van der Waals surface area contributed by atoms with E-state index in [1.165, 1.54) is 44.9 Å². The highest BCUT2D eigenvalue weighted by atomic mass is 16.5. The SMILES string of the molecule is CCC(C)(N)c1noc(C2CCCCCCC2)n1. The molecule has 0 saturated heterocycles. The predicted molar refractivity (Wildman–Crippen MR) is 71.2 cm³/mol. The molecule has 4 heteroatoms. The van der Waals surface area contributed by atoms with Crippen LogP contribution in [0.25, 0.3) is 0 Å². The monoisotopic (exact) mass is 251 g/mol. The molecule has 18 heavy (non-hydrogen) atoms. The van der Waals surface area contributed by atoms with Crippen molar-refractivity contribution in [3.8, 4) is 0 Å². The molecule has 2 rings (SSSR count). The van der Waals surface area contributed by atoms with Gasteiger partial charge in [-0.15, -0.1) is 0 Å². The zero-order valence-electron chi connectivity index (χ0n) is 11.6. The summed E-state index contributed by atoms with van der Waals surface area (Å²) in [5.74, 6) is 1.90. The summed E-state index contributed by atoms with van der Waals surface area (Å²) in [7, 11) is 0. The van der Waals surface area contributed by atoms with Crippen LogP contribution in [0.5, 0.6) is 0 Å². The second-order valence-electron chi connectivity index (χ2n) is 5.77. The molecular formula is C14H25N3O. The third kappa shape index (κ3) is 3.10. The lowest BCUT2D eigenvalue weighted by Crippen LogP contribution is -2.33. The molecule has 0 aliphatic heterocycles. The minimum atomic E-state index is -0.469. The van der Waals surface area contributed by atoms with Crippen molar-refractivity contribution >= 4 is 0 Å². The molecule has 0 aromatic carbocycles. The van der Waals surface area contributed by atoms with Gasteiger partial charge < -0.3 is 10.3 Å². The van der Waals surface area contributed by atoms with E-state index in [4.69, 9.17) is 10.3 Å². The van der Waals surface area contributed by atoms with E-state index < -0.39 is 5.54 Å². The predicted octanol–water partition coefficient (Wildman–Crippen LogP) is 3.48. The van der Waals surface area contributed by atoms with E-state index in [0.717, 1.165) is 12.3 Å². The number of nitrogens with zero attached hydrogens (tertiary/aromatic N) is 2. The number of nitrogens with two attached hydrogens (primary N) is 1. The highest BCUT2D eigenvalue weighted by Gasteiger charge is 2.27. The smallest absolute Gasteiger partial charge is 0.229 e. The van der Waals surface area contributed by atoms with Crippen LogP contribution >= 0.6 is 0 Å². The largest absolute Gasteiger partial charge is 0.339 e. The van der Waals surface area contributed by atoms with Crippen molar-refractivity contribution in [3.05, 3.63) is 11.7 Å². The standard InChI is InChI=1S/C14H25N3O/c1-3-14(2,15)13-16-12(18-17-13)11-9-7-5-4-6-8-10-11/h11H,3-10,15H2,1-2H3. The third-order valence-corrected chi connectivity index (χ3v) is 4.14. The average molecular weight is 251 g/mol. The Labute approximate surface area is 109 Å². The van der Waals surface area contributed by atoms with Crippen molar-refractivity contribution in [1.29, 1.82) is 0 Å². The fourth-order valence-electron chi connectivity index (χ4n) is 2.49. The Morgan fingerprint density at radius 3 is 2.44 bits per heavy atom. The van der Waals surface area contributed by atoms with Crippen LogP contribution in [0, 0.1) is 0 Å². The molecule has 4 nitrogen and oxygen atoms in total. The van der Waals surface area contributed by atoms with Gasteiger partial charge in [-0.25, -0.2) is 0 Å². The minimum Gasteiger partial charge on any atom is -0.339 e. The molecule has 102 valence electrons. The van der Waals surface area contributed by atoms with Gasteiger partial charge in [0.2, 0.25) is 5.89 Å². The summed E-state index contributed by atoms with van der Waals surface area (Å²) >= 11 is 0. The molecular weight excluding hydrogens is 226 g/mol. The maximum atomic E-state index is 6.15. The molecule has 1 aromatic heterocycles. The Hall–Kier alpha value is -0.900. The van der Waals surface area contributed by atoms with Crippen molar-refractivity contribution in [3.63, 3.8) is 0 Å². The van der Waals surface area contributed by atoms with Gasteiger partial charge in [0.1, 0.15) is 0 Å². The van der Waals surface area contributed by atoms with Gasteiger partial charge in [-0.3, -0.25) is 0 Å².